The molecule has 0 spiro atoms. The summed E-state index contributed by atoms with van der Waals surface area (Å²) in [6.45, 7) is 4.16. The van der Waals surface area contributed by atoms with E-state index in [1.54, 1.807) is 0 Å². The Morgan fingerprint density at radius 1 is 1.27 bits per heavy atom. The van der Waals surface area contributed by atoms with Crippen molar-refractivity contribution in [2.24, 2.45) is 0 Å². The molecule has 0 bridgehead atoms. The van der Waals surface area contributed by atoms with Crippen LogP contribution in [0.2, 0.25) is 0 Å². The van der Waals surface area contributed by atoms with Crippen LogP contribution in [0.25, 0.3) is 0 Å². The molecule has 1 N–H and O–H groups in total. The minimum absolute atomic E-state index is 0.543. The quantitative estimate of drug-likeness (QED) is 0.860. The molecule has 1 aromatic carbocycles. The molecule has 0 aliphatic carbocycles. The molecule has 0 aromatic heterocycles. The zero-order valence-corrected chi connectivity index (χ0v) is 11.0. The van der Waals surface area contributed by atoms with Crippen molar-refractivity contribution in [2.75, 3.05) is 0 Å². The molecule has 0 fully saturated rings. The summed E-state index contributed by atoms with van der Waals surface area (Å²) in [5.74, 6) is 0. The molecule has 1 nitrogen and oxygen atoms in total. The molecule has 0 amide bonds. The third-order valence-electron chi connectivity index (χ3n) is 2.85. The molecule has 0 heterocycles. The van der Waals surface area contributed by atoms with Crippen molar-refractivity contribution in [2.45, 2.75) is 45.1 Å². The van der Waals surface area contributed by atoms with Gasteiger partial charge in [0.2, 0.25) is 0 Å². The topological polar surface area (TPSA) is 20.2 Å². The van der Waals surface area contributed by atoms with E-state index in [0.717, 1.165) is 30.2 Å². The van der Waals surface area contributed by atoms with Crippen molar-refractivity contribution in [1.82, 2.24) is 0 Å². The highest BCUT2D eigenvalue weighted by Gasteiger charge is 2.24. The molecule has 0 aliphatic rings. The van der Waals surface area contributed by atoms with Crippen molar-refractivity contribution in [1.29, 1.82) is 0 Å². The minimum atomic E-state index is -0.543. The van der Waals surface area contributed by atoms with Gasteiger partial charge in [-0.15, -0.1) is 0 Å². The van der Waals surface area contributed by atoms with Crippen LogP contribution in [0, 0.1) is 0 Å². The Bertz CT molecular complexity index is 311. The Morgan fingerprint density at radius 2 is 1.93 bits per heavy atom. The predicted molar refractivity (Wildman–Crippen MR) is 68.0 cm³/mol. The molecule has 0 radical (unpaired) electrons. The fraction of sp³-hybridized carbons (Fsp3) is 0.538. The van der Waals surface area contributed by atoms with E-state index in [1.165, 1.54) is 5.56 Å². The fourth-order valence-electron chi connectivity index (χ4n) is 1.85. The van der Waals surface area contributed by atoms with Crippen LogP contribution < -0.4 is 0 Å². The standard InChI is InChI=1S/C13H19BrO/c1-3-9-13(15,4-2)10-11-7-5-6-8-12(11)14/h5-8,15H,3-4,9-10H2,1-2H3. The van der Waals surface area contributed by atoms with Gasteiger partial charge in [0, 0.05) is 10.9 Å². The van der Waals surface area contributed by atoms with E-state index in [2.05, 4.69) is 28.9 Å². The van der Waals surface area contributed by atoms with Crippen LogP contribution in [0.3, 0.4) is 0 Å². The lowest BCUT2D eigenvalue weighted by Crippen LogP contribution is -2.30. The Hall–Kier alpha value is -0.340. The van der Waals surface area contributed by atoms with E-state index in [1.807, 2.05) is 25.1 Å². The van der Waals surface area contributed by atoms with Gasteiger partial charge in [0.1, 0.15) is 0 Å². The molecule has 0 saturated carbocycles. The Labute approximate surface area is 101 Å². The lowest BCUT2D eigenvalue weighted by atomic mass is 9.88. The monoisotopic (exact) mass is 270 g/mol. The number of aliphatic hydroxyl groups is 1. The highest BCUT2D eigenvalue weighted by Crippen LogP contribution is 2.26. The molecule has 1 rings (SSSR count). The van der Waals surface area contributed by atoms with E-state index in [4.69, 9.17) is 0 Å². The molecule has 0 aliphatic heterocycles. The number of halogens is 1. The van der Waals surface area contributed by atoms with Gasteiger partial charge in [0.05, 0.1) is 5.60 Å². The smallest absolute Gasteiger partial charge is 0.0685 e. The van der Waals surface area contributed by atoms with Gasteiger partial charge in [-0.25, -0.2) is 0 Å². The summed E-state index contributed by atoms with van der Waals surface area (Å²) in [7, 11) is 0. The van der Waals surface area contributed by atoms with Gasteiger partial charge in [0.15, 0.2) is 0 Å². The van der Waals surface area contributed by atoms with Crippen molar-refractivity contribution in [3.8, 4) is 0 Å². The van der Waals surface area contributed by atoms with Crippen LogP contribution >= 0.6 is 15.9 Å². The average Bonchev–Trinajstić information content (AvgIpc) is 2.22. The van der Waals surface area contributed by atoms with Crippen molar-refractivity contribution in [3.05, 3.63) is 34.3 Å². The lowest BCUT2D eigenvalue weighted by Gasteiger charge is -2.26. The first-order chi connectivity index (χ1) is 7.11. The Kier molecular flexibility index (Phi) is 4.81. The summed E-state index contributed by atoms with van der Waals surface area (Å²) < 4.78 is 1.09. The lowest BCUT2D eigenvalue weighted by molar-refractivity contribution is 0.0269. The molecule has 84 valence electrons. The molecule has 15 heavy (non-hydrogen) atoms. The summed E-state index contributed by atoms with van der Waals surface area (Å²) in [6, 6.07) is 8.11. The second-order valence-electron chi connectivity index (χ2n) is 4.10. The maximum absolute atomic E-state index is 10.4. The van der Waals surface area contributed by atoms with E-state index >= 15 is 0 Å². The molecule has 1 unspecified atom stereocenters. The van der Waals surface area contributed by atoms with Crippen molar-refractivity contribution >= 4 is 15.9 Å². The number of benzene rings is 1. The van der Waals surface area contributed by atoms with Crippen LogP contribution in [-0.2, 0) is 6.42 Å². The summed E-state index contributed by atoms with van der Waals surface area (Å²) in [5, 5.41) is 10.4. The minimum Gasteiger partial charge on any atom is -0.390 e. The third kappa shape index (κ3) is 3.62. The third-order valence-corrected chi connectivity index (χ3v) is 3.62. The first-order valence-electron chi connectivity index (χ1n) is 5.57. The average molecular weight is 271 g/mol. The van der Waals surface area contributed by atoms with E-state index in [9.17, 15) is 5.11 Å². The van der Waals surface area contributed by atoms with Gasteiger partial charge < -0.3 is 5.11 Å². The number of hydrogen-bond acceptors (Lipinski definition) is 1. The van der Waals surface area contributed by atoms with E-state index in [0.29, 0.717) is 0 Å². The first kappa shape index (κ1) is 12.7. The fourth-order valence-corrected chi connectivity index (χ4v) is 2.28. The highest BCUT2D eigenvalue weighted by molar-refractivity contribution is 9.10. The first-order valence-corrected chi connectivity index (χ1v) is 6.36. The van der Waals surface area contributed by atoms with Gasteiger partial charge in [-0.05, 0) is 24.5 Å². The second kappa shape index (κ2) is 5.66. The summed E-state index contributed by atoms with van der Waals surface area (Å²) in [6.07, 6.45) is 3.43. The summed E-state index contributed by atoms with van der Waals surface area (Å²) in [4.78, 5) is 0. The predicted octanol–water partition coefficient (Wildman–Crippen LogP) is 3.93. The van der Waals surface area contributed by atoms with Gasteiger partial charge in [-0.2, -0.15) is 0 Å². The van der Waals surface area contributed by atoms with Gasteiger partial charge in [-0.1, -0.05) is 54.4 Å². The van der Waals surface area contributed by atoms with E-state index in [-0.39, 0.29) is 0 Å². The SMILES string of the molecule is CCCC(O)(CC)Cc1ccccc1Br. The maximum atomic E-state index is 10.4. The van der Waals surface area contributed by atoms with Crippen molar-refractivity contribution < 1.29 is 5.11 Å². The van der Waals surface area contributed by atoms with Crippen LogP contribution in [0.1, 0.15) is 38.7 Å². The number of rotatable bonds is 5. The van der Waals surface area contributed by atoms with E-state index < -0.39 is 5.60 Å². The molecule has 1 aromatic rings. The van der Waals surface area contributed by atoms with Gasteiger partial charge in [0.25, 0.3) is 0 Å². The Morgan fingerprint density at radius 3 is 2.47 bits per heavy atom. The van der Waals surface area contributed by atoms with Crippen LogP contribution in [-0.4, -0.2) is 10.7 Å². The normalized spacial score (nSPS) is 14.9. The van der Waals surface area contributed by atoms with Gasteiger partial charge in [-0.3, -0.25) is 0 Å². The molecular formula is C13H19BrO. The maximum Gasteiger partial charge on any atom is 0.0685 e. The largest absolute Gasteiger partial charge is 0.390 e. The number of hydrogen-bond donors (Lipinski definition) is 1. The zero-order chi connectivity index (χ0) is 11.3. The molecule has 1 atom stereocenters. The van der Waals surface area contributed by atoms with Crippen molar-refractivity contribution in [3.63, 3.8) is 0 Å². The molecule has 0 saturated heterocycles. The molecule has 2 heteroatoms. The second-order valence-corrected chi connectivity index (χ2v) is 4.95. The summed E-state index contributed by atoms with van der Waals surface area (Å²) in [5.41, 5.74) is 0.647. The van der Waals surface area contributed by atoms with Gasteiger partial charge >= 0.3 is 0 Å². The summed E-state index contributed by atoms with van der Waals surface area (Å²) >= 11 is 3.52. The Balaban J connectivity index is 2.79. The zero-order valence-electron chi connectivity index (χ0n) is 9.46. The molecular weight excluding hydrogens is 252 g/mol. The van der Waals surface area contributed by atoms with Crippen LogP contribution in [0.4, 0.5) is 0 Å². The highest BCUT2D eigenvalue weighted by atomic mass is 79.9. The van der Waals surface area contributed by atoms with Crippen LogP contribution in [0.15, 0.2) is 28.7 Å². The van der Waals surface area contributed by atoms with Crippen LogP contribution in [0.5, 0.6) is 0 Å².